The van der Waals surface area contributed by atoms with Gasteiger partial charge in [0.1, 0.15) is 18.4 Å². The summed E-state index contributed by atoms with van der Waals surface area (Å²) in [6, 6.07) is 4.66. The number of halogens is 3. The van der Waals surface area contributed by atoms with Gasteiger partial charge in [0.2, 0.25) is 11.8 Å². The molecular formula is C27H32F3N9O3. The summed E-state index contributed by atoms with van der Waals surface area (Å²) in [7, 11) is 0. The number of amides is 4. The second-order valence-corrected chi connectivity index (χ2v) is 9.28. The van der Waals surface area contributed by atoms with Crippen molar-refractivity contribution in [3.05, 3.63) is 53.6 Å². The number of likely N-dealkylation sites (tertiary alicyclic amines) is 1. The van der Waals surface area contributed by atoms with E-state index in [1.807, 2.05) is 0 Å². The van der Waals surface area contributed by atoms with Crippen molar-refractivity contribution < 1.29 is 27.6 Å². The Morgan fingerprint density at radius 1 is 1.29 bits per heavy atom. The maximum Gasteiger partial charge on any atom is 0.405 e. The molecule has 1 aliphatic heterocycles. The van der Waals surface area contributed by atoms with Crippen LogP contribution in [0.2, 0.25) is 0 Å². The molecule has 1 aliphatic rings. The Kier molecular flexibility index (Phi) is 11.0. The van der Waals surface area contributed by atoms with Crippen molar-refractivity contribution in [1.82, 2.24) is 25.5 Å². The lowest BCUT2D eigenvalue weighted by Gasteiger charge is -2.16. The topological polar surface area (TPSA) is 181 Å². The molecule has 224 valence electrons. The van der Waals surface area contributed by atoms with Gasteiger partial charge in [0.05, 0.1) is 11.9 Å². The number of nitrogens with two attached hydrogens (primary N) is 1. The fourth-order valence-corrected chi connectivity index (χ4v) is 3.91. The van der Waals surface area contributed by atoms with Crippen molar-refractivity contribution in [3.63, 3.8) is 0 Å². The van der Waals surface area contributed by atoms with Crippen LogP contribution in [0, 0.1) is 5.41 Å². The minimum absolute atomic E-state index is 0.0839. The fourth-order valence-electron chi connectivity index (χ4n) is 3.91. The van der Waals surface area contributed by atoms with E-state index < -0.39 is 24.8 Å². The number of carbonyl (C=O) groups excluding carboxylic acids is 3. The normalized spacial score (nSPS) is 15.1. The highest BCUT2D eigenvalue weighted by atomic mass is 19.4. The van der Waals surface area contributed by atoms with Gasteiger partial charge in [0.15, 0.2) is 0 Å². The van der Waals surface area contributed by atoms with Gasteiger partial charge in [-0.15, -0.1) is 0 Å². The molecule has 0 aliphatic carbocycles. The standard InChI is InChI=1S/C27H32F3N9O3/c1-17(25(41)33-7-9-39-8-3-6-24(39)40)34-14-20(13-32)19(12-31)11-23-35-15-22(38-23)18-4-2-5-21(10-18)37-26(42)36-16-27(28,29)30/h2,4-5,10-15,17,31H,3,6-9,16,32H2,1H3,(H,33,41)(H,35,38)(H2,36,37,42)/b19-11+,20-13?,31-12?,34-14?. The number of aliphatic imine (C=N–C) groups is 1. The summed E-state index contributed by atoms with van der Waals surface area (Å²) in [5.74, 6) is 0.125. The molecule has 12 nitrogen and oxygen atoms in total. The first-order valence-electron chi connectivity index (χ1n) is 13.0. The molecule has 3 rings (SSSR count). The van der Waals surface area contributed by atoms with Gasteiger partial charge in [-0.1, -0.05) is 12.1 Å². The van der Waals surface area contributed by atoms with Crippen LogP contribution in [0.4, 0.5) is 23.7 Å². The molecule has 1 saturated heterocycles. The molecule has 1 atom stereocenters. The van der Waals surface area contributed by atoms with Gasteiger partial charge < -0.3 is 37.0 Å². The van der Waals surface area contributed by atoms with E-state index in [1.54, 1.807) is 41.4 Å². The molecule has 4 amide bonds. The fraction of sp³-hybridized carbons (Fsp3) is 0.333. The maximum absolute atomic E-state index is 12.4. The molecule has 15 heteroatoms. The number of carbonyl (C=O) groups is 3. The molecule has 0 spiro atoms. The number of allylic oxidation sites excluding steroid dienone is 2. The zero-order valence-electron chi connectivity index (χ0n) is 22.8. The number of hydrogen-bond acceptors (Lipinski definition) is 7. The molecule has 1 fully saturated rings. The van der Waals surface area contributed by atoms with Crippen LogP contribution in [0.1, 0.15) is 25.6 Å². The van der Waals surface area contributed by atoms with Crippen molar-refractivity contribution in [2.24, 2.45) is 10.7 Å². The molecular weight excluding hydrogens is 555 g/mol. The largest absolute Gasteiger partial charge is 0.405 e. The van der Waals surface area contributed by atoms with Crippen LogP contribution < -0.4 is 21.7 Å². The zero-order chi connectivity index (χ0) is 30.7. The van der Waals surface area contributed by atoms with Crippen molar-refractivity contribution >= 4 is 42.0 Å². The number of rotatable bonds is 12. The summed E-state index contributed by atoms with van der Waals surface area (Å²) in [5.41, 5.74) is 7.87. The van der Waals surface area contributed by atoms with Gasteiger partial charge in [0, 0.05) is 67.1 Å². The summed E-state index contributed by atoms with van der Waals surface area (Å²) in [6.45, 7) is 1.61. The number of nitrogens with one attached hydrogen (secondary N) is 5. The van der Waals surface area contributed by atoms with Crippen LogP contribution in [0.25, 0.3) is 17.3 Å². The first-order chi connectivity index (χ1) is 20.0. The number of imidazole rings is 1. The average Bonchev–Trinajstić information content (AvgIpc) is 3.60. The summed E-state index contributed by atoms with van der Waals surface area (Å²) in [4.78, 5) is 49.1. The summed E-state index contributed by atoms with van der Waals surface area (Å²) in [5, 5.41) is 14.7. The number of aromatic nitrogens is 2. The van der Waals surface area contributed by atoms with E-state index in [1.165, 1.54) is 24.7 Å². The van der Waals surface area contributed by atoms with Crippen molar-refractivity contribution in [3.8, 4) is 11.3 Å². The lowest BCUT2D eigenvalue weighted by Crippen LogP contribution is -2.38. The van der Waals surface area contributed by atoms with Gasteiger partial charge in [-0.25, -0.2) is 9.78 Å². The Morgan fingerprint density at radius 2 is 2.07 bits per heavy atom. The minimum Gasteiger partial charge on any atom is -0.404 e. The lowest BCUT2D eigenvalue weighted by molar-refractivity contribution is -0.128. The van der Waals surface area contributed by atoms with Crippen molar-refractivity contribution in [2.45, 2.75) is 32.0 Å². The third kappa shape index (κ3) is 9.60. The first-order valence-corrected chi connectivity index (χ1v) is 13.0. The number of alkyl halides is 3. The molecule has 1 aromatic carbocycles. The number of aromatic amines is 1. The maximum atomic E-state index is 12.4. The van der Waals surface area contributed by atoms with Crippen LogP contribution in [-0.4, -0.2) is 83.5 Å². The number of hydrogen-bond donors (Lipinski definition) is 6. The van der Waals surface area contributed by atoms with Crippen molar-refractivity contribution in [2.75, 3.05) is 31.5 Å². The van der Waals surface area contributed by atoms with E-state index in [-0.39, 0.29) is 17.5 Å². The third-order valence-electron chi connectivity index (χ3n) is 6.11. The van der Waals surface area contributed by atoms with Crippen LogP contribution in [0.5, 0.6) is 0 Å². The molecule has 1 aromatic heterocycles. The molecule has 2 heterocycles. The van der Waals surface area contributed by atoms with Gasteiger partial charge in [-0.2, -0.15) is 13.2 Å². The van der Waals surface area contributed by atoms with Gasteiger partial charge >= 0.3 is 12.2 Å². The minimum atomic E-state index is -4.53. The Morgan fingerprint density at radius 3 is 2.74 bits per heavy atom. The Bertz CT molecular complexity index is 1380. The van der Waals surface area contributed by atoms with Crippen molar-refractivity contribution in [1.29, 1.82) is 5.41 Å². The van der Waals surface area contributed by atoms with E-state index in [0.29, 0.717) is 54.3 Å². The Labute approximate surface area is 239 Å². The number of benzene rings is 1. The lowest BCUT2D eigenvalue weighted by atomic mass is 10.1. The van der Waals surface area contributed by atoms with Crippen LogP contribution in [0.3, 0.4) is 0 Å². The van der Waals surface area contributed by atoms with Crippen LogP contribution >= 0.6 is 0 Å². The summed E-state index contributed by atoms with van der Waals surface area (Å²) < 4.78 is 37.0. The highest BCUT2D eigenvalue weighted by Gasteiger charge is 2.27. The second kappa shape index (κ2) is 14.6. The summed E-state index contributed by atoms with van der Waals surface area (Å²) >= 11 is 0. The Hall–Kier alpha value is -4.95. The molecule has 0 bridgehead atoms. The van der Waals surface area contributed by atoms with Crippen LogP contribution in [-0.2, 0) is 9.59 Å². The molecule has 2 aromatic rings. The zero-order valence-corrected chi connectivity index (χ0v) is 22.8. The van der Waals surface area contributed by atoms with Gasteiger partial charge in [-0.05, 0) is 31.6 Å². The molecule has 0 saturated carbocycles. The molecule has 7 N–H and O–H groups in total. The predicted molar refractivity (Wildman–Crippen MR) is 153 cm³/mol. The number of anilines is 1. The van der Waals surface area contributed by atoms with Crippen LogP contribution in [0.15, 0.2) is 52.8 Å². The molecule has 0 radical (unpaired) electrons. The molecule has 1 unspecified atom stereocenters. The first kappa shape index (κ1) is 31.6. The third-order valence-corrected chi connectivity index (χ3v) is 6.11. The van der Waals surface area contributed by atoms with Gasteiger partial charge in [-0.3, -0.25) is 14.6 Å². The van der Waals surface area contributed by atoms with E-state index in [4.69, 9.17) is 11.1 Å². The number of urea groups is 1. The van der Waals surface area contributed by atoms with E-state index in [9.17, 15) is 27.6 Å². The predicted octanol–water partition coefficient (Wildman–Crippen LogP) is 2.83. The number of nitrogens with zero attached hydrogens (tertiary/aromatic N) is 3. The van der Waals surface area contributed by atoms with E-state index in [2.05, 4.69) is 25.6 Å². The van der Waals surface area contributed by atoms with E-state index in [0.717, 1.165) is 12.6 Å². The van der Waals surface area contributed by atoms with Gasteiger partial charge in [0.25, 0.3) is 0 Å². The second-order valence-electron chi connectivity index (χ2n) is 9.28. The summed E-state index contributed by atoms with van der Waals surface area (Å²) in [6.07, 6.45) is 3.57. The Balaban J connectivity index is 1.61. The quantitative estimate of drug-likeness (QED) is 0.165. The smallest absolute Gasteiger partial charge is 0.404 e. The van der Waals surface area contributed by atoms with E-state index >= 15 is 0 Å². The highest BCUT2D eigenvalue weighted by Crippen LogP contribution is 2.22. The number of H-pyrrole nitrogens is 1. The SMILES string of the molecule is CC(N=CC(=CN)/C(C=N)=C/c1ncc(-c2cccc(NC(=O)NCC(F)(F)F)c2)[nH]1)C(=O)NCCN1CCCC1=O. The monoisotopic (exact) mass is 587 g/mol. The average molecular weight is 588 g/mol. The highest BCUT2D eigenvalue weighted by molar-refractivity contribution is 6.01. The molecule has 42 heavy (non-hydrogen) atoms.